The Labute approximate surface area is 173 Å². The van der Waals surface area contributed by atoms with Gasteiger partial charge in [0, 0.05) is 18.8 Å². The van der Waals surface area contributed by atoms with E-state index in [1.807, 2.05) is 6.07 Å². The molecule has 0 aromatic heterocycles. The summed E-state index contributed by atoms with van der Waals surface area (Å²) in [6.07, 6.45) is 0. The van der Waals surface area contributed by atoms with Crippen molar-refractivity contribution in [3.8, 4) is 0 Å². The number of para-hydroxylation sites is 1. The van der Waals surface area contributed by atoms with Crippen LogP contribution < -0.4 is 16.2 Å². The van der Waals surface area contributed by atoms with Crippen molar-refractivity contribution < 1.29 is 22.3 Å². The van der Waals surface area contributed by atoms with Gasteiger partial charge in [0.05, 0.1) is 23.7 Å². The fourth-order valence-corrected chi connectivity index (χ4v) is 4.24. The molecule has 0 bridgehead atoms. The molecular weight excluding hydrogens is 419 g/mol. The van der Waals surface area contributed by atoms with E-state index in [-0.39, 0.29) is 36.3 Å². The molecule has 1 heterocycles. The lowest BCUT2D eigenvalue weighted by molar-refractivity contribution is 0.0730. The third kappa shape index (κ3) is 5.26. The number of halogens is 1. The lowest BCUT2D eigenvalue weighted by Gasteiger charge is -2.26. The highest BCUT2D eigenvalue weighted by molar-refractivity contribution is 7.89. The highest BCUT2D eigenvalue weighted by Gasteiger charge is 2.27. The van der Waals surface area contributed by atoms with E-state index in [1.54, 1.807) is 24.3 Å². The van der Waals surface area contributed by atoms with Crippen LogP contribution in [0.1, 0.15) is 10.4 Å². The van der Waals surface area contributed by atoms with Crippen LogP contribution in [0.5, 0.6) is 0 Å². The normalized spacial score (nSPS) is 14.8. The molecule has 0 spiro atoms. The topological polar surface area (TPSA) is 99.8 Å². The van der Waals surface area contributed by atoms with E-state index < -0.39 is 27.3 Å². The Morgan fingerprint density at radius 2 is 1.76 bits per heavy atom. The number of benzene rings is 2. The minimum absolute atomic E-state index is 0.0852. The SMILES string of the molecule is O=C(NNC(=S)Nc1ccccc1)c1cc(S(=O)(=O)N2CCOCC2)ccc1F. The van der Waals surface area contributed by atoms with Gasteiger partial charge in [0.2, 0.25) is 10.0 Å². The Kier molecular flexibility index (Phi) is 6.75. The average Bonchev–Trinajstić information content (AvgIpc) is 2.73. The van der Waals surface area contributed by atoms with Gasteiger partial charge in [0.15, 0.2) is 5.11 Å². The number of anilines is 1. The van der Waals surface area contributed by atoms with Crippen molar-refractivity contribution in [2.75, 3.05) is 31.6 Å². The number of morpholine rings is 1. The number of hydrazine groups is 1. The van der Waals surface area contributed by atoms with Crippen molar-refractivity contribution in [2.24, 2.45) is 0 Å². The van der Waals surface area contributed by atoms with Crippen molar-refractivity contribution in [1.82, 2.24) is 15.2 Å². The zero-order valence-corrected chi connectivity index (χ0v) is 16.9. The van der Waals surface area contributed by atoms with E-state index in [4.69, 9.17) is 17.0 Å². The summed E-state index contributed by atoms with van der Waals surface area (Å²) in [7, 11) is -3.86. The number of nitrogens with zero attached hydrogens (tertiary/aromatic N) is 1. The Hall–Kier alpha value is -2.60. The van der Waals surface area contributed by atoms with Crippen molar-refractivity contribution in [3.05, 3.63) is 59.9 Å². The summed E-state index contributed by atoms with van der Waals surface area (Å²) >= 11 is 5.06. The Bertz CT molecular complexity index is 996. The number of sulfonamides is 1. The largest absolute Gasteiger partial charge is 0.379 e. The Morgan fingerprint density at radius 1 is 1.07 bits per heavy atom. The molecule has 2 aromatic rings. The summed E-state index contributed by atoms with van der Waals surface area (Å²) in [4.78, 5) is 12.2. The molecule has 154 valence electrons. The van der Waals surface area contributed by atoms with E-state index in [9.17, 15) is 17.6 Å². The van der Waals surface area contributed by atoms with Crippen molar-refractivity contribution in [1.29, 1.82) is 0 Å². The number of hydrogen-bond acceptors (Lipinski definition) is 5. The van der Waals surface area contributed by atoms with Crippen LogP contribution in [0.15, 0.2) is 53.4 Å². The summed E-state index contributed by atoms with van der Waals surface area (Å²) in [6, 6.07) is 12.1. The van der Waals surface area contributed by atoms with Crippen LogP contribution >= 0.6 is 12.2 Å². The van der Waals surface area contributed by atoms with Crippen LogP contribution in [0.2, 0.25) is 0 Å². The maximum Gasteiger partial charge on any atom is 0.272 e. The molecule has 29 heavy (non-hydrogen) atoms. The lowest BCUT2D eigenvalue weighted by Crippen LogP contribution is -2.44. The first kappa shape index (κ1) is 21.1. The molecule has 3 rings (SSSR count). The minimum atomic E-state index is -3.86. The van der Waals surface area contributed by atoms with Gasteiger partial charge < -0.3 is 10.1 Å². The summed E-state index contributed by atoms with van der Waals surface area (Å²) in [5.41, 5.74) is 4.99. The molecule has 1 saturated heterocycles. The molecule has 0 saturated carbocycles. The van der Waals surface area contributed by atoms with Crippen molar-refractivity contribution >= 4 is 38.9 Å². The first-order chi connectivity index (χ1) is 13.9. The molecule has 1 aliphatic rings. The Morgan fingerprint density at radius 3 is 2.45 bits per heavy atom. The number of hydrogen-bond donors (Lipinski definition) is 3. The van der Waals surface area contributed by atoms with Crippen molar-refractivity contribution in [2.45, 2.75) is 4.90 Å². The number of rotatable bonds is 4. The summed E-state index contributed by atoms with van der Waals surface area (Å²) < 4.78 is 46.0. The second-order valence-electron chi connectivity index (χ2n) is 6.06. The van der Waals surface area contributed by atoms with Gasteiger partial charge in [0.1, 0.15) is 5.82 Å². The zero-order valence-electron chi connectivity index (χ0n) is 15.2. The predicted molar refractivity (Wildman–Crippen MR) is 109 cm³/mol. The number of ether oxygens (including phenoxy) is 1. The number of carbonyl (C=O) groups excluding carboxylic acids is 1. The van der Waals surface area contributed by atoms with Gasteiger partial charge in [-0.1, -0.05) is 18.2 Å². The monoisotopic (exact) mass is 438 g/mol. The first-order valence-corrected chi connectivity index (χ1v) is 10.5. The van der Waals surface area contributed by atoms with Crippen LogP contribution in [0, 0.1) is 5.82 Å². The number of carbonyl (C=O) groups is 1. The highest BCUT2D eigenvalue weighted by atomic mass is 32.2. The molecule has 11 heteroatoms. The fourth-order valence-electron chi connectivity index (χ4n) is 2.64. The fraction of sp³-hybridized carbons (Fsp3) is 0.222. The Balaban J connectivity index is 1.68. The third-order valence-corrected chi connectivity index (χ3v) is 6.21. The molecule has 0 radical (unpaired) electrons. The van der Waals surface area contributed by atoms with Gasteiger partial charge in [-0.2, -0.15) is 4.31 Å². The first-order valence-electron chi connectivity index (χ1n) is 8.68. The molecule has 0 unspecified atom stereocenters. The molecule has 1 amide bonds. The zero-order chi connectivity index (χ0) is 20.9. The van der Waals surface area contributed by atoms with E-state index in [1.165, 1.54) is 4.31 Å². The van der Waals surface area contributed by atoms with Gasteiger partial charge >= 0.3 is 0 Å². The lowest BCUT2D eigenvalue weighted by atomic mass is 10.2. The summed E-state index contributed by atoms with van der Waals surface area (Å²) in [5, 5.41) is 2.92. The van der Waals surface area contributed by atoms with Crippen LogP contribution in [-0.4, -0.2) is 50.0 Å². The molecular formula is C18H19FN4O4S2. The van der Waals surface area contributed by atoms with Crippen LogP contribution in [0.3, 0.4) is 0 Å². The van der Waals surface area contributed by atoms with Crippen LogP contribution in [0.25, 0.3) is 0 Å². The number of nitrogens with one attached hydrogen (secondary N) is 3. The van der Waals surface area contributed by atoms with Gasteiger partial charge in [-0.25, -0.2) is 12.8 Å². The van der Waals surface area contributed by atoms with E-state index in [2.05, 4.69) is 16.2 Å². The van der Waals surface area contributed by atoms with Gasteiger partial charge in [0.25, 0.3) is 5.91 Å². The van der Waals surface area contributed by atoms with Crippen LogP contribution in [-0.2, 0) is 14.8 Å². The molecule has 1 fully saturated rings. The maximum atomic E-state index is 14.2. The van der Waals surface area contributed by atoms with Gasteiger partial charge in [-0.15, -0.1) is 0 Å². The molecule has 2 aromatic carbocycles. The van der Waals surface area contributed by atoms with Gasteiger partial charge in [-0.05, 0) is 42.5 Å². The van der Waals surface area contributed by atoms with E-state index >= 15 is 0 Å². The standard InChI is InChI=1S/C18H19FN4O4S2/c19-16-7-6-14(29(25,26)23-8-10-27-11-9-23)12-15(16)17(24)21-22-18(28)20-13-4-2-1-3-5-13/h1-7,12H,8-11H2,(H,21,24)(H2,20,22,28). The molecule has 8 nitrogen and oxygen atoms in total. The smallest absolute Gasteiger partial charge is 0.272 e. The summed E-state index contributed by atoms with van der Waals surface area (Å²) in [5.74, 6) is -1.72. The molecule has 0 atom stereocenters. The van der Waals surface area contributed by atoms with Crippen LogP contribution in [0.4, 0.5) is 10.1 Å². The molecule has 0 aliphatic carbocycles. The maximum absolute atomic E-state index is 14.2. The third-order valence-electron chi connectivity index (χ3n) is 4.11. The van der Waals surface area contributed by atoms with Crippen molar-refractivity contribution in [3.63, 3.8) is 0 Å². The second-order valence-corrected chi connectivity index (χ2v) is 8.40. The quantitative estimate of drug-likeness (QED) is 0.491. The predicted octanol–water partition coefficient (Wildman–Crippen LogP) is 1.48. The summed E-state index contributed by atoms with van der Waals surface area (Å²) in [6.45, 7) is 0.956. The molecule has 3 N–H and O–H groups in total. The second kappa shape index (κ2) is 9.27. The molecule has 1 aliphatic heterocycles. The minimum Gasteiger partial charge on any atom is -0.379 e. The number of thiocarbonyl (C=S) groups is 1. The van der Waals surface area contributed by atoms with E-state index in [0.29, 0.717) is 5.69 Å². The average molecular weight is 439 g/mol. The van der Waals surface area contributed by atoms with Gasteiger partial charge in [-0.3, -0.25) is 15.6 Å². The van der Waals surface area contributed by atoms with E-state index in [0.717, 1.165) is 18.2 Å². The highest BCUT2D eigenvalue weighted by Crippen LogP contribution is 2.20. The number of amides is 1.